The van der Waals surface area contributed by atoms with Crippen LogP contribution in [-0.2, 0) is 43.7 Å². The van der Waals surface area contributed by atoms with Crippen molar-refractivity contribution in [1.82, 2.24) is 14.9 Å². The largest absolute Gasteiger partial charge is 0.383 e. The summed E-state index contributed by atoms with van der Waals surface area (Å²) in [6, 6.07) is 22.7. The third kappa shape index (κ3) is 9.39. The SMILES string of the molecule is COCCNC(=O)C(Cc1ccccc1)N(Cc1ccc(Cl)cc1)C(=O)CCc1ccc(S(=O)(=O)NC2CC2)cc1. The van der Waals surface area contributed by atoms with Crippen LogP contribution in [0.5, 0.6) is 0 Å². The first-order valence-corrected chi connectivity index (χ1v) is 15.6. The van der Waals surface area contributed by atoms with Crippen molar-refractivity contribution in [1.29, 1.82) is 0 Å². The number of aryl methyl sites for hydroxylation is 1. The summed E-state index contributed by atoms with van der Waals surface area (Å²) in [5.41, 5.74) is 2.62. The summed E-state index contributed by atoms with van der Waals surface area (Å²) in [6.45, 7) is 0.917. The second kappa shape index (κ2) is 14.6. The fraction of sp³-hybridized carbons (Fsp3) is 0.355. The molecule has 3 aromatic carbocycles. The van der Waals surface area contributed by atoms with Gasteiger partial charge in [0.15, 0.2) is 0 Å². The number of amides is 2. The molecule has 0 bridgehead atoms. The molecule has 218 valence electrons. The minimum absolute atomic E-state index is 0.0273. The molecule has 0 aliphatic heterocycles. The second-order valence-electron chi connectivity index (χ2n) is 10.2. The monoisotopic (exact) mass is 597 g/mol. The molecule has 0 radical (unpaired) electrons. The number of sulfonamides is 1. The summed E-state index contributed by atoms with van der Waals surface area (Å²) in [5.74, 6) is -0.444. The number of halogens is 1. The molecule has 0 heterocycles. The number of nitrogens with zero attached hydrogens (tertiary/aromatic N) is 1. The van der Waals surface area contributed by atoms with Crippen LogP contribution < -0.4 is 10.0 Å². The number of hydrogen-bond donors (Lipinski definition) is 2. The van der Waals surface area contributed by atoms with Crippen LogP contribution in [0.4, 0.5) is 0 Å². The van der Waals surface area contributed by atoms with E-state index in [1.807, 2.05) is 42.5 Å². The van der Waals surface area contributed by atoms with Gasteiger partial charge in [-0.25, -0.2) is 13.1 Å². The molecule has 2 N–H and O–H groups in total. The van der Waals surface area contributed by atoms with Crippen LogP contribution in [0.15, 0.2) is 83.8 Å². The molecule has 1 unspecified atom stereocenters. The van der Waals surface area contributed by atoms with Gasteiger partial charge in [-0.1, -0.05) is 66.2 Å². The first-order valence-electron chi connectivity index (χ1n) is 13.7. The minimum Gasteiger partial charge on any atom is -0.383 e. The molecular weight excluding hydrogens is 562 g/mol. The Balaban J connectivity index is 1.53. The number of carbonyl (C=O) groups is 2. The van der Waals surface area contributed by atoms with E-state index in [0.29, 0.717) is 31.0 Å². The van der Waals surface area contributed by atoms with E-state index < -0.39 is 16.1 Å². The van der Waals surface area contributed by atoms with Gasteiger partial charge in [-0.3, -0.25) is 9.59 Å². The Morgan fingerprint density at radius 1 is 0.951 bits per heavy atom. The molecule has 4 rings (SSSR count). The van der Waals surface area contributed by atoms with Crippen LogP contribution >= 0.6 is 11.6 Å². The van der Waals surface area contributed by atoms with Crippen molar-refractivity contribution in [3.05, 3.63) is 101 Å². The van der Waals surface area contributed by atoms with Crippen LogP contribution in [0, 0.1) is 0 Å². The molecule has 1 aliphatic carbocycles. The van der Waals surface area contributed by atoms with Crippen LogP contribution in [0.1, 0.15) is 36.0 Å². The minimum atomic E-state index is -3.54. The van der Waals surface area contributed by atoms with E-state index in [1.54, 1.807) is 48.4 Å². The van der Waals surface area contributed by atoms with E-state index in [1.165, 1.54) is 0 Å². The van der Waals surface area contributed by atoms with Crippen molar-refractivity contribution >= 4 is 33.4 Å². The number of ether oxygens (including phenoxy) is 1. The van der Waals surface area contributed by atoms with E-state index in [4.69, 9.17) is 16.3 Å². The van der Waals surface area contributed by atoms with E-state index in [-0.39, 0.29) is 35.7 Å². The summed E-state index contributed by atoms with van der Waals surface area (Å²) >= 11 is 6.09. The average Bonchev–Trinajstić information content (AvgIpc) is 3.79. The topological polar surface area (TPSA) is 105 Å². The molecule has 1 atom stereocenters. The first kappa shape index (κ1) is 30.7. The van der Waals surface area contributed by atoms with Gasteiger partial charge >= 0.3 is 0 Å². The lowest BCUT2D eigenvalue weighted by atomic mass is 10.0. The number of rotatable bonds is 15. The zero-order valence-electron chi connectivity index (χ0n) is 23.1. The van der Waals surface area contributed by atoms with Crippen LogP contribution in [0.25, 0.3) is 0 Å². The highest BCUT2D eigenvalue weighted by Gasteiger charge is 2.30. The Labute approximate surface area is 247 Å². The van der Waals surface area contributed by atoms with Gasteiger partial charge in [-0.2, -0.15) is 0 Å². The van der Waals surface area contributed by atoms with Crippen molar-refractivity contribution in [3.63, 3.8) is 0 Å². The smallest absolute Gasteiger partial charge is 0.243 e. The van der Waals surface area contributed by atoms with Gasteiger partial charge in [0.1, 0.15) is 6.04 Å². The standard InChI is InChI=1S/C31H36ClN3O5S/c1-40-20-19-33-31(37)29(21-24-5-3-2-4-6-24)35(22-25-7-12-26(32)13-8-25)30(36)18-11-23-9-16-28(17-10-23)41(38,39)34-27-14-15-27/h2-10,12-13,16-17,27,29,34H,11,14-15,18-22H2,1H3,(H,33,37). The molecule has 0 saturated heterocycles. The highest BCUT2D eigenvalue weighted by atomic mass is 35.5. The van der Waals surface area contributed by atoms with Gasteiger partial charge in [0.25, 0.3) is 0 Å². The van der Waals surface area contributed by atoms with Crippen molar-refractivity contribution in [2.45, 2.75) is 55.6 Å². The number of methoxy groups -OCH3 is 1. The number of hydrogen-bond acceptors (Lipinski definition) is 5. The molecule has 41 heavy (non-hydrogen) atoms. The molecule has 0 spiro atoms. The maximum Gasteiger partial charge on any atom is 0.243 e. The summed E-state index contributed by atoms with van der Waals surface area (Å²) in [7, 11) is -1.98. The maximum atomic E-state index is 13.8. The van der Waals surface area contributed by atoms with Gasteiger partial charge in [0.2, 0.25) is 21.8 Å². The van der Waals surface area contributed by atoms with Gasteiger partial charge in [-0.15, -0.1) is 0 Å². The molecule has 0 aromatic heterocycles. The fourth-order valence-corrected chi connectivity index (χ4v) is 5.88. The van der Waals surface area contributed by atoms with Crippen LogP contribution in [-0.4, -0.2) is 57.5 Å². The first-order chi connectivity index (χ1) is 19.7. The maximum absolute atomic E-state index is 13.8. The van der Waals surface area contributed by atoms with Crippen molar-refractivity contribution in [2.75, 3.05) is 20.3 Å². The van der Waals surface area contributed by atoms with E-state index >= 15 is 0 Å². The zero-order valence-corrected chi connectivity index (χ0v) is 24.7. The summed E-state index contributed by atoms with van der Waals surface area (Å²) < 4.78 is 32.8. The predicted molar refractivity (Wildman–Crippen MR) is 159 cm³/mol. The number of carbonyl (C=O) groups excluding carboxylic acids is 2. The van der Waals surface area contributed by atoms with Gasteiger partial charge in [0.05, 0.1) is 11.5 Å². The highest BCUT2D eigenvalue weighted by molar-refractivity contribution is 7.89. The second-order valence-corrected chi connectivity index (χ2v) is 12.3. The average molecular weight is 598 g/mol. The number of nitrogens with one attached hydrogen (secondary N) is 2. The van der Waals surface area contributed by atoms with Crippen molar-refractivity contribution < 1.29 is 22.7 Å². The van der Waals surface area contributed by atoms with Gasteiger partial charge < -0.3 is 15.0 Å². The summed E-state index contributed by atoms with van der Waals surface area (Å²) in [5, 5.41) is 3.49. The Kier molecular flexibility index (Phi) is 10.9. The van der Waals surface area contributed by atoms with E-state index in [0.717, 1.165) is 29.5 Å². The molecule has 8 nitrogen and oxygen atoms in total. The van der Waals surface area contributed by atoms with Crippen LogP contribution in [0.2, 0.25) is 5.02 Å². The third-order valence-electron chi connectivity index (χ3n) is 6.90. The molecule has 3 aromatic rings. The third-order valence-corrected chi connectivity index (χ3v) is 8.69. The molecule has 1 aliphatic rings. The predicted octanol–water partition coefficient (Wildman–Crippen LogP) is 4.12. The van der Waals surface area contributed by atoms with Gasteiger partial charge in [0, 0.05) is 44.1 Å². The Morgan fingerprint density at radius 2 is 1.61 bits per heavy atom. The molecule has 1 saturated carbocycles. The Morgan fingerprint density at radius 3 is 2.24 bits per heavy atom. The van der Waals surface area contributed by atoms with Crippen molar-refractivity contribution in [2.24, 2.45) is 0 Å². The van der Waals surface area contributed by atoms with Crippen molar-refractivity contribution in [3.8, 4) is 0 Å². The molecular formula is C31H36ClN3O5S. The Bertz CT molecular complexity index is 1400. The lowest BCUT2D eigenvalue weighted by Crippen LogP contribution is -2.51. The van der Waals surface area contributed by atoms with E-state index in [9.17, 15) is 18.0 Å². The highest BCUT2D eigenvalue weighted by Crippen LogP contribution is 2.23. The lowest BCUT2D eigenvalue weighted by molar-refractivity contribution is -0.141. The fourth-order valence-electron chi connectivity index (χ4n) is 4.45. The normalized spacial score (nSPS) is 13.9. The summed E-state index contributed by atoms with van der Waals surface area (Å²) in [4.78, 5) is 29.1. The molecule has 2 amide bonds. The quantitative estimate of drug-likeness (QED) is 0.257. The molecule has 10 heteroatoms. The number of benzene rings is 3. The van der Waals surface area contributed by atoms with E-state index in [2.05, 4.69) is 10.0 Å². The zero-order chi connectivity index (χ0) is 29.2. The molecule has 1 fully saturated rings. The lowest BCUT2D eigenvalue weighted by Gasteiger charge is -2.31. The van der Waals surface area contributed by atoms with Gasteiger partial charge in [-0.05, 0) is 60.2 Å². The Hall–Kier alpha value is -3.24. The summed E-state index contributed by atoms with van der Waals surface area (Å²) in [6.07, 6.45) is 2.62. The van der Waals surface area contributed by atoms with Crippen LogP contribution in [0.3, 0.4) is 0 Å².